The van der Waals surface area contributed by atoms with E-state index in [1.165, 1.54) is 25.7 Å². The van der Waals surface area contributed by atoms with Gasteiger partial charge in [0.1, 0.15) is 0 Å². The molecule has 4 aliphatic rings. The van der Waals surface area contributed by atoms with Crippen LogP contribution >= 0.6 is 0 Å². The molecule has 2 aliphatic heterocycles. The molecule has 0 spiro atoms. The number of hydrogen-bond donors (Lipinski definition) is 0. The van der Waals surface area contributed by atoms with E-state index in [2.05, 4.69) is 9.80 Å². The van der Waals surface area contributed by atoms with E-state index in [0.29, 0.717) is 12.5 Å². The smallest absolute Gasteiger partial charge is 0.228 e. The largest absolute Gasteiger partial charge is 0.381 e. The molecule has 4 rings (SSSR count). The van der Waals surface area contributed by atoms with Gasteiger partial charge in [0.25, 0.3) is 0 Å². The Hall–Kier alpha value is -0.610. The Bertz CT molecular complexity index is 373. The number of ether oxygens (including phenoxy) is 1. The lowest BCUT2D eigenvalue weighted by molar-refractivity contribution is -0.137. The van der Waals surface area contributed by atoms with Gasteiger partial charge in [-0.1, -0.05) is 6.42 Å². The number of nitrogens with zero attached hydrogens (tertiary/aromatic N) is 2. The maximum atomic E-state index is 12.4. The van der Waals surface area contributed by atoms with Crippen molar-refractivity contribution in [1.29, 1.82) is 0 Å². The highest BCUT2D eigenvalue weighted by atomic mass is 16.5. The van der Waals surface area contributed by atoms with Gasteiger partial charge in [0.05, 0.1) is 12.5 Å². The van der Waals surface area contributed by atoms with Gasteiger partial charge in [0, 0.05) is 38.8 Å². The van der Waals surface area contributed by atoms with Gasteiger partial charge in [0.2, 0.25) is 5.91 Å². The van der Waals surface area contributed by atoms with Gasteiger partial charge in [-0.05, 0) is 37.5 Å². The van der Waals surface area contributed by atoms with E-state index in [1.807, 2.05) is 0 Å². The number of fused-ring (bicyclic) bond motifs is 2. The van der Waals surface area contributed by atoms with Crippen molar-refractivity contribution in [2.24, 2.45) is 17.8 Å². The Balaban J connectivity index is 1.30. The average Bonchev–Trinajstić information content (AvgIpc) is 3.23. The van der Waals surface area contributed by atoms with E-state index in [0.717, 1.165) is 57.1 Å². The van der Waals surface area contributed by atoms with Gasteiger partial charge >= 0.3 is 0 Å². The van der Waals surface area contributed by atoms with Crippen LogP contribution < -0.4 is 0 Å². The third-order valence-electron chi connectivity index (χ3n) is 6.07. The molecule has 0 aromatic heterocycles. The minimum absolute atomic E-state index is 0.143. The normalized spacial score (nSPS) is 41.5. The average molecular weight is 278 g/mol. The molecule has 0 radical (unpaired) electrons. The standard InChI is InChI=1S/C16H26N2O2/c19-16(14-3-8-20-11-14)18-6-4-17(5-7-18)15-10-12-1-2-13(15)9-12/h12-15H,1-11H2. The monoisotopic (exact) mass is 278 g/mol. The maximum Gasteiger partial charge on any atom is 0.228 e. The Morgan fingerprint density at radius 3 is 2.45 bits per heavy atom. The van der Waals surface area contributed by atoms with Crippen LogP contribution in [0.3, 0.4) is 0 Å². The lowest BCUT2D eigenvalue weighted by Gasteiger charge is -2.41. The van der Waals surface area contributed by atoms with Gasteiger partial charge < -0.3 is 9.64 Å². The molecular formula is C16H26N2O2. The molecule has 112 valence electrons. The van der Waals surface area contributed by atoms with Crippen LogP contribution in [-0.2, 0) is 9.53 Å². The first-order chi connectivity index (χ1) is 9.81. The fourth-order valence-corrected chi connectivity index (χ4v) is 4.92. The zero-order chi connectivity index (χ0) is 13.5. The Labute approximate surface area is 121 Å². The highest BCUT2D eigenvalue weighted by Crippen LogP contribution is 2.46. The van der Waals surface area contributed by atoms with E-state index in [-0.39, 0.29) is 5.92 Å². The highest BCUT2D eigenvalue weighted by Gasteiger charge is 2.43. The number of carbonyl (C=O) groups is 1. The summed E-state index contributed by atoms with van der Waals surface area (Å²) in [6.07, 6.45) is 6.75. The lowest BCUT2D eigenvalue weighted by atomic mass is 9.93. The van der Waals surface area contributed by atoms with Crippen molar-refractivity contribution in [2.75, 3.05) is 39.4 Å². The summed E-state index contributed by atoms with van der Waals surface area (Å²) < 4.78 is 5.35. The first-order valence-electron chi connectivity index (χ1n) is 8.42. The van der Waals surface area contributed by atoms with Crippen LogP contribution in [0.5, 0.6) is 0 Å². The van der Waals surface area contributed by atoms with Crippen LogP contribution in [0.2, 0.25) is 0 Å². The summed E-state index contributed by atoms with van der Waals surface area (Å²) in [5.41, 5.74) is 0. The van der Waals surface area contributed by atoms with Gasteiger partial charge in [-0.25, -0.2) is 0 Å². The topological polar surface area (TPSA) is 32.8 Å². The zero-order valence-corrected chi connectivity index (χ0v) is 12.3. The van der Waals surface area contributed by atoms with E-state index in [9.17, 15) is 4.79 Å². The molecule has 4 atom stereocenters. The number of carbonyl (C=O) groups excluding carboxylic acids is 1. The summed E-state index contributed by atoms with van der Waals surface area (Å²) in [6, 6.07) is 0.834. The first kappa shape index (κ1) is 13.1. The van der Waals surface area contributed by atoms with Crippen LogP contribution in [0.1, 0.15) is 32.1 Å². The third kappa shape index (κ3) is 2.27. The molecule has 2 bridgehead atoms. The predicted molar refractivity (Wildman–Crippen MR) is 76.3 cm³/mol. The molecular weight excluding hydrogens is 252 g/mol. The van der Waals surface area contributed by atoms with Crippen molar-refractivity contribution in [2.45, 2.75) is 38.1 Å². The Morgan fingerprint density at radius 2 is 1.85 bits per heavy atom. The summed E-state index contributed by atoms with van der Waals surface area (Å²) in [6.45, 7) is 5.46. The van der Waals surface area contributed by atoms with E-state index >= 15 is 0 Å². The fraction of sp³-hybridized carbons (Fsp3) is 0.938. The fourth-order valence-electron chi connectivity index (χ4n) is 4.92. The summed E-state index contributed by atoms with van der Waals surface area (Å²) in [7, 11) is 0. The SMILES string of the molecule is O=C(C1CCOC1)N1CCN(C2CC3CCC2C3)CC1. The van der Waals surface area contributed by atoms with Crippen molar-refractivity contribution in [3.05, 3.63) is 0 Å². The van der Waals surface area contributed by atoms with E-state index in [1.54, 1.807) is 0 Å². The van der Waals surface area contributed by atoms with Crippen LogP contribution in [0.15, 0.2) is 0 Å². The molecule has 0 aromatic carbocycles. The van der Waals surface area contributed by atoms with Crippen LogP contribution in [0.4, 0.5) is 0 Å². The van der Waals surface area contributed by atoms with Crippen molar-refractivity contribution < 1.29 is 9.53 Å². The lowest BCUT2D eigenvalue weighted by Crippen LogP contribution is -2.54. The minimum atomic E-state index is 0.143. The maximum absolute atomic E-state index is 12.4. The second-order valence-corrected chi connectivity index (χ2v) is 7.16. The molecule has 0 N–H and O–H groups in total. The first-order valence-corrected chi connectivity index (χ1v) is 8.42. The van der Waals surface area contributed by atoms with Crippen LogP contribution in [-0.4, -0.2) is 61.1 Å². The molecule has 4 fully saturated rings. The highest BCUT2D eigenvalue weighted by molar-refractivity contribution is 5.79. The van der Waals surface area contributed by atoms with Gasteiger partial charge in [-0.15, -0.1) is 0 Å². The van der Waals surface area contributed by atoms with Crippen molar-refractivity contribution >= 4 is 5.91 Å². The van der Waals surface area contributed by atoms with Gasteiger partial charge in [-0.2, -0.15) is 0 Å². The number of piperazine rings is 1. The predicted octanol–water partition coefficient (Wildman–Crippen LogP) is 1.36. The molecule has 2 aliphatic carbocycles. The number of hydrogen-bond acceptors (Lipinski definition) is 3. The van der Waals surface area contributed by atoms with Crippen molar-refractivity contribution in [3.63, 3.8) is 0 Å². The van der Waals surface area contributed by atoms with Crippen molar-refractivity contribution in [1.82, 2.24) is 9.80 Å². The summed E-state index contributed by atoms with van der Waals surface area (Å²) >= 11 is 0. The molecule has 2 saturated carbocycles. The molecule has 4 unspecified atom stereocenters. The Morgan fingerprint density at radius 1 is 1.00 bits per heavy atom. The Kier molecular flexibility index (Phi) is 3.47. The van der Waals surface area contributed by atoms with Crippen molar-refractivity contribution in [3.8, 4) is 0 Å². The number of amides is 1. The van der Waals surface area contributed by atoms with E-state index in [4.69, 9.17) is 4.74 Å². The van der Waals surface area contributed by atoms with Crippen LogP contribution in [0.25, 0.3) is 0 Å². The van der Waals surface area contributed by atoms with Crippen LogP contribution in [0, 0.1) is 17.8 Å². The third-order valence-corrected chi connectivity index (χ3v) is 6.07. The quantitative estimate of drug-likeness (QED) is 0.764. The second kappa shape index (κ2) is 5.30. The van der Waals surface area contributed by atoms with E-state index < -0.39 is 0 Å². The molecule has 4 heteroatoms. The second-order valence-electron chi connectivity index (χ2n) is 7.16. The minimum Gasteiger partial charge on any atom is -0.381 e. The van der Waals surface area contributed by atoms with Gasteiger partial charge in [-0.3, -0.25) is 9.69 Å². The molecule has 2 saturated heterocycles. The molecule has 20 heavy (non-hydrogen) atoms. The summed E-state index contributed by atoms with van der Waals surface area (Å²) in [4.78, 5) is 17.1. The zero-order valence-electron chi connectivity index (χ0n) is 12.3. The van der Waals surface area contributed by atoms with Gasteiger partial charge in [0.15, 0.2) is 0 Å². The molecule has 4 nitrogen and oxygen atoms in total. The summed E-state index contributed by atoms with van der Waals surface area (Å²) in [5, 5.41) is 0. The summed E-state index contributed by atoms with van der Waals surface area (Å²) in [5.74, 6) is 2.46. The number of rotatable bonds is 2. The molecule has 2 heterocycles. The molecule has 0 aromatic rings. The molecule has 1 amide bonds.